The van der Waals surface area contributed by atoms with Gasteiger partial charge in [0.05, 0.1) is 22.8 Å². The lowest BCUT2D eigenvalue weighted by Gasteiger charge is -2.07. The maximum atomic E-state index is 6.03. The van der Waals surface area contributed by atoms with Crippen LogP contribution >= 0.6 is 31.9 Å². The number of nitrogen functional groups attached to an aromatic ring is 1. The fraction of sp³-hybridized carbons (Fsp3) is 0.0556. The highest BCUT2D eigenvalue weighted by atomic mass is 79.9. The molecule has 4 nitrogen and oxygen atoms in total. The van der Waals surface area contributed by atoms with E-state index in [0.29, 0.717) is 32.9 Å². The van der Waals surface area contributed by atoms with E-state index in [0.717, 1.165) is 20.8 Å². The lowest BCUT2D eigenvalue weighted by Crippen LogP contribution is -1.90. The number of rotatable bonds is 2. The summed E-state index contributed by atoms with van der Waals surface area (Å²) in [7, 11) is 1.64. The van der Waals surface area contributed by atoms with Gasteiger partial charge in [-0.3, -0.25) is 0 Å². The van der Waals surface area contributed by atoms with Gasteiger partial charge < -0.3 is 14.9 Å². The molecule has 1 heterocycles. The van der Waals surface area contributed by atoms with E-state index in [4.69, 9.17) is 14.9 Å². The van der Waals surface area contributed by atoms with Crippen molar-refractivity contribution in [2.24, 2.45) is 0 Å². The predicted molar refractivity (Wildman–Crippen MR) is 103 cm³/mol. The van der Waals surface area contributed by atoms with E-state index in [2.05, 4.69) is 36.8 Å². The van der Waals surface area contributed by atoms with E-state index < -0.39 is 0 Å². The third-order valence-electron chi connectivity index (χ3n) is 3.91. The van der Waals surface area contributed by atoms with Crippen LogP contribution in [0.4, 0.5) is 5.69 Å². The molecule has 0 bridgehead atoms. The molecular weight excluding hydrogens is 436 g/mol. The number of halogens is 2. The zero-order chi connectivity index (χ0) is 16.8. The van der Waals surface area contributed by atoms with E-state index in [1.54, 1.807) is 7.11 Å². The van der Waals surface area contributed by atoms with Crippen LogP contribution in [-0.4, -0.2) is 12.1 Å². The average molecular weight is 448 g/mol. The lowest BCUT2D eigenvalue weighted by atomic mass is 10.1. The zero-order valence-electron chi connectivity index (χ0n) is 12.6. The van der Waals surface area contributed by atoms with Crippen LogP contribution in [-0.2, 0) is 0 Å². The Morgan fingerprint density at radius 2 is 1.79 bits per heavy atom. The molecule has 0 saturated carbocycles. The normalized spacial score (nSPS) is 11.3. The molecule has 0 aliphatic heterocycles. The first kappa shape index (κ1) is 15.5. The van der Waals surface area contributed by atoms with E-state index in [1.807, 2.05) is 42.5 Å². The SMILES string of the molecule is COc1cc2ccccc2cc1-c1nc2c(Br)c(N)c(Br)cc2o1. The van der Waals surface area contributed by atoms with Gasteiger partial charge in [0.1, 0.15) is 11.3 Å². The summed E-state index contributed by atoms with van der Waals surface area (Å²) in [4.78, 5) is 4.61. The summed E-state index contributed by atoms with van der Waals surface area (Å²) in [5, 5.41) is 2.19. The van der Waals surface area contributed by atoms with Crippen molar-refractivity contribution in [2.75, 3.05) is 12.8 Å². The van der Waals surface area contributed by atoms with Crippen molar-refractivity contribution < 1.29 is 9.15 Å². The highest BCUT2D eigenvalue weighted by Gasteiger charge is 2.18. The van der Waals surface area contributed by atoms with E-state index in [1.165, 1.54) is 0 Å². The molecule has 3 aromatic carbocycles. The Morgan fingerprint density at radius 3 is 2.50 bits per heavy atom. The van der Waals surface area contributed by atoms with Crippen LogP contribution in [0.3, 0.4) is 0 Å². The molecule has 0 radical (unpaired) electrons. The third kappa shape index (κ3) is 2.37. The highest BCUT2D eigenvalue weighted by molar-refractivity contribution is 9.11. The van der Waals surface area contributed by atoms with Gasteiger partial charge in [-0.25, -0.2) is 4.98 Å². The predicted octanol–water partition coefficient (Wildman–Crippen LogP) is 5.76. The standard InChI is InChI=1S/C18H12Br2N2O2/c1-23-13-7-10-5-3-2-4-9(10)6-11(13)18-22-17-14(24-18)8-12(19)16(21)15(17)20/h2-8H,21H2,1H3. The topological polar surface area (TPSA) is 61.3 Å². The Morgan fingerprint density at radius 1 is 1.08 bits per heavy atom. The van der Waals surface area contributed by atoms with E-state index in [9.17, 15) is 0 Å². The number of nitrogens with zero attached hydrogens (tertiary/aromatic N) is 1. The number of aromatic nitrogens is 1. The van der Waals surface area contributed by atoms with Crippen LogP contribution in [0.1, 0.15) is 0 Å². The molecule has 0 aliphatic rings. The molecule has 0 amide bonds. The number of ether oxygens (including phenoxy) is 1. The number of anilines is 1. The second-order valence-electron chi connectivity index (χ2n) is 5.35. The van der Waals surface area contributed by atoms with Crippen molar-refractivity contribution in [3.63, 3.8) is 0 Å². The molecule has 2 N–H and O–H groups in total. The van der Waals surface area contributed by atoms with Gasteiger partial charge in [-0.05, 0) is 60.8 Å². The van der Waals surface area contributed by atoms with Gasteiger partial charge in [0.15, 0.2) is 5.58 Å². The fourth-order valence-electron chi connectivity index (χ4n) is 2.68. The number of hydrogen-bond acceptors (Lipinski definition) is 4. The molecule has 4 rings (SSSR count). The van der Waals surface area contributed by atoms with Crippen LogP contribution in [0.5, 0.6) is 5.75 Å². The lowest BCUT2D eigenvalue weighted by molar-refractivity contribution is 0.415. The summed E-state index contributed by atoms with van der Waals surface area (Å²) < 4.78 is 13.0. The van der Waals surface area contributed by atoms with Gasteiger partial charge in [-0.1, -0.05) is 24.3 Å². The Bertz CT molecular complexity index is 1090. The third-order valence-corrected chi connectivity index (χ3v) is 5.37. The largest absolute Gasteiger partial charge is 0.496 e. The number of fused-ring (bicyclic) bond motifs is 2. The minimum absolute atomic E-state index is 0.491. The Labute approximate surface area is 154 Å². The Hall–Kier alpha value is -2.05. The zero-order valence-corrected chi connectivity index (χ0v) is 15.8. The van der Waals surface area contributed by atoms with Crippen LogP contribution in [0.2, 0.25) is 0 Å². The summed E-state index contributed by atoms with van der Waals surface area (Å²) in [6.45, 7) is 0. The van der Waals surface area contributed by atoms with Crippen LogP contribution in [0, 0.1) is 0 Å². The summed E-state index contributed by atoms with van der Waals surface area (Å²) in [5.74, 6) is 1.20. The second-order valence-corrected chi connectivity index (χ2v) is 7.00. The first-order valence-corrected chi connectivity index (χ1v) is 8.78. The number of benzene rings is 3. The molecule has 1 aromatic heterocycles. The number of hydrogen-bond donors (Lipinski definition) is 1. The number of nitrogens with two attached hydrogens (primary N) is 1. The number of methoxy groups -OCH3 is 1. The molecule has 4 aromatic rings. The molecule has 0 spiro atoms. The van der Waals surface area contributed by atoms with Gasteiger partial charge in [0.2, 0.25) is 5.89 Å². The van der Waals surface area contributed by atoms with Gasteiger partial charge in [0, 0.05) is 4.47 Å². The Kier molecular flexibility index (Phi) is 3.73. The maximum absolute atomic E-state index is 6.03. The molecule has 0 fully saturated rings. The Balaban J connectivity index is 2.00. The molecule has 0 atom stereocenters. The van der Waals surface area contributed by atoms with Crippen LogP contribution in [0.15, 0.2) is 55.8 Å². The van der Waals surface area contributed by atoms with Gasteiger partial charge in [0.25, 0.3) is 0 Å². The minimum Gasteiger partial charge on any atom is -0.496 e. The average Bonchev–Trinajstić information content (AvgIpc) is 3.02. The summed E-state index contributed by atoms with van der Waals surface area (Å²) in [5.41, 5.74) is 8.74. The van der Waals surface area contributed by atoms with Crippen LogP contribution < -0.4 is 10.5 Å². The summed E-state index contributed by atoms with van der Waals surface area (Å²) in [6, 6.07) is 13.9. The van der Waals surface area contributed by atoms with Crippen molar-refractivity contribution in [2.45, 2.75) is 0 Å². The molecule has 24 heavy (non-hydrogen) atoms. The van der Waals surface area contributed by atoms with Gasteiger partial charge >= 0.3 is 0 Å². The van der Waals surface area contributed by atoms with E-state index in [-0.39, 0.29) is 0 Å². The smallest absolute Gasteiger partial charge is 0.231 e. The first-order valence-electron chi connectivity index (χ1n) is 7.19. The van der Waals surface area contributed by atoms with Gasteiger partial charge in [-0.15, -0.1) is 0 Å². The minimum atomic E-state index is 0.491. The molecule has 6 heteroatoms. The molecule has 0 aliphatic carbocycles. The molecular formula is C18H12Br2N2O2. The number of oxazole rings is 1. The highest BCUT2D eigenvalue weighted by Crippen LogP contribution is 2.40. The quantitative estimate of drug-likeness (QED) is 0.396. The molecule has 0 unspecified atom stereocenters. The molecule has 0 saturated heterocycles. The van der Waals surface area contributed by atoms with Crippen molar-refractivity contribution in [3.8, 4) is 17.2 Å². The van der Waals surface area contributed by atoms with Crippen molar-refractivity contribution in [3.05, 3.63) is 51.4 Å². The molecule has 120 valence electrons. The second kappa shape index (κ2) is 5.79. The monoisotopic (exact) mass is 446 g/mol. The first-order chi connectivity index (χ1) is 11.6. The van der Waals surface area contributed by atoms with Crippen LogP contribution in [0.25, 0.3) is 33.3 Å². The van der Waals surface area contributed by atoms with Gasteiger partial charge in [-0.2, -0.15) is 0 Å². The van der Waals surface area contributed by atoms with Crippen molar-refractivity contribution in [1.82, 2.24) is 4.98 Å². The van der Waals surface area contributed by atoms with Crippen molar-refractivity contribution in [1.29, 1.82) is 0 Å². The fourth-order valence-corrected chi connectivity index (χ4v) is 3.85. The maximum Gasteiger partial charge on any atom is 0.231 e. The summed E-state index contributed by atoms with van der Waals surface area (Å²) >= 11 is 6.91. The van der Waals surface area contributed by atoms with E-state index >= 15 is 0 Å². The van der Waals surface area contributed by atoms with Crippen molar-refractivity contribution >= 4 is 59.4 Å². The summed E-state index contributed by atoms with van der Waals surface area (Å²) in [6.07, 6.45) is 0.